The maximum atomic E-state index is 13.1. The van der Waals surface area contributed by atoms with Crippen LogP contribution in [0.5, 0.6) is 0 Å². The van der Waals surface area contributed by atoms with E-state index in [2.05, 4.69) is 47.2 Å². The highest BCUT2D eigenvalue weighted by Gasteiger charge is 2.22. The Hall–Kier alpha value is -2.61. The lowest BCUT2D eigenvalue weighted by molar-refractivity contribution is 0.553. The molecule has 3 aromatic heterocycles. The molecule has 0 spiro atoms. The first kappa shape index (κ1) is 16.8. The number of hydrogen-bond acceptors (Lipinski definition) is 5. The summed E-state index contributed by atoms with van der Waals surface area (Å²) in [5.74, 6) is 0.481. The van der Waals surface area contributed by atoms with Gasteiger partial charge in [-0.15, -0.1) is 10.2 Å². The minimum Gasteiger partial charge on any atom is -0.265 e. The van der Waals surface area contributed by atoms with E-state index in [1.54, 1.807) is 16.6 Å². The average Bonchev–Trinajstić information content (AvgIpc) is 3.24. The van der Waals surface area contributed by atoms with E-state index in [1.165, 1.54) is 23.5 Å². The van der Waals surface area contributed by atoms with E-state index in [9.17, 15) is 4.39 Å². The Bertz CT molecular complexity index is 1070. The van der Waals surface area contributed by atoms with Gasteiger partial charge in [0.05, 0.1) is 11.4 Å². The highest BCUT2D eigenvalue weighted by Crippen LogP contribution is 2.29. The van der Waals surface area contributed by atoms with Gasteiger partial charge in [0.2, 0.25) is 4.96 Å². The zero-order chi connectivity index (χ0) is 18.5. The molecule has 0 aliphatic rings. The van der Waals surface area contributed by atoms with Gasteiger partial charge >= 0.3 is 0 Å². The fourth-order valence-corrected chi connectivity index (χ4v) is 3.60. The highest BCUT2D eigenvalue weighted by atomic mass is 32.1. The highest BCUT2D eigenvalue weighted by molar-refractivity contribution is 7.19. The molecule has 0 amide bonds. The van der Waals surface area contributed by atoms with Crippen LogP contribution in [0, 0.1) is 5.82 Å². The zero-order valence-electron chi connectivity index (χ0n) is 15.1. The smallest absolute Gasteiger partial charge is 0.235 e. The third-order valence-electron chi connectivity index (χ3n) is 4.20. The molecule has 0 unspecified atom stereocenters. The zero-order valence-corrected chi connectivity index (χ0v) is 15.9. The Morgan fingerprint density at radius 1 is 1.08 bits per heavy atom. The van der Waals surface area contributed by atoms with Gasteiger partial charge < -0.3 is 0 Å². The van der Waals surface area contributed by atoms with Crippen LogP contribution in [0.25, 0.3) is 15.7 Å². The first-order valence-corrected chi connectivity index (χ1v) is 9.13. The third kappa shape index (κ3) is 3.01. The van der Waals surface area contributed by atoms with Gasteiger partial charge in [-0.05, 0) is 23.8 Å². The third-order valence-corrected chi connectivity index (χ3v) is 5.12. The van der Waals surface area contributed by atoms with Gasteiger partial charge in [-0.25, -0.2) is 4.39 Å². The Balaban J connectivity index is 1.70. The van der Waals surface area contributed by atoms with Crippen molar-refractivity contribution in [1.82, 2.24) is 29.6 Å². The standard InChI is InChI=1S/C18H19FN6S/c1-18(2,3)14-10-13(24(4)22-14)16-23-25-15(20-21-17(25)26-16)9-11-5-7-12(19)8-6-11/h5-8,10H,9H2,1-4H3. The van der Waals surface area contributed by atoms with E-state index in [4.69, 9.17) is 0 Å². The van der Waals surface area contributed by atoms with Crippen LogP contribution in [0.2, 0.25) is 0 Å². The fraction of sp³-hybridized carbons (Fsp3) is 0.333. The molecule has 8 heteroatoms. The summed E-state index contributed by atoms with van der Waals surface area (Å²) in [7, 11) is 1.92. The van der Waals surface area contributed by atoms with E-state index >= 15 is 0 Å². The molecule has 4 aromatic rings. The van der Waals surface area contributed by atoms with E-state index < -0.39 is 0 Å². The second-order valence-electron chi connectivity index (χ2n) is 7.31. The molecule has 0 bridgehead atoms. The van der Waals surface area contributed by atoms with Crippen molar-refractivity contribution in [2.24, 2.45) is 7.05 Å². The Kier molecular flexibility index (Phi) is 3.87. The summed E-state index contributed by atoms with van der Waals surface area (Å²) in [6.07, 6.45) is 0.545. The van der Waals surface area contributed by atoms with Crippen molar-refractivity contribution in [2.75, 3.05) is 0 Å². The van der Waals surface area contributed by atoms with Crippen molar-refractivity contribution in [3.8, 4) is 10.7 Å². The first-order chi connectivity index (χ1) is 12.3. The molecule has 0 aliphatic heterocycles. The molecular formula is C18H19FN6S. The number of aromatic nitrogens is 6. The van der Waals surface area contributed by atoms with E-state index in [0.29, 0.717) is 6.42 Å². The number of hydrogen-bond donors (Lipinski definition) is 0. The number of halogens is 1. The summed E-state index contributed by atoms with van der Waals surface area (Å²) < 4.78 is 16.7. The minimum absolute atomic E-state index is 0.0251. The van der Waals surface area contributed by atoms with Crippen molar-refractivity contribution in [1.29, 1.82) is 0 Å². The lowest BCUT2D eigenvalue weighted by Crippen LogP contribution is -2.12. The molecule has 1 aromatic carbocycles. The first-order valence-electron chi connectivity index (χ1n) is 8.32. The summed E-state index contributed by atoms with van der Waals surface area (Å²) in [6.45, 7) is 6.41. The van der Waals surface area contributed by atoms with Gasteiger partial charge in [0.15, 0.2) is 10.8 Å². The SMILES string of the molecule is Cn1nc(C(C)(C)C)cc1-c1nn2c(Cc3ccc(F)cc3)nnc2s1. The number of nitrogens with zero attached hydrogens (tertiary/aromatic N) is 6. The van der Waals surface area contributed by atoms with Crippen LogP contribution in [0.3, 0.4) is 0 Å². The topological polar surface area (TPSA) is 60.9 Å². The molecule has 3 heterocycles. The predicted octanol–water partition coefficient (Wildman–Crippen LogP) is 3.61. The Morgan fingerprint density at radius 3 is 2.46 bits per heavy atom. The summed E-state index contributed by atoms with van der Waals surface area (Å²) in [5.41, 5.74) is 2.92. The monoisotopic (exact) mass is 370 g/mol. The van der Waals surface area contributed by atoms with E-state index in [1.807, 2.05) is 11.7 Å². The summed E-state index contributed by atoms with van der Waals surface area (Å²) in [6, 6.07) is 8.47. The molecule has 6 nitrogen and oxygen atoms in total. The molecule has 0 radical (unpaired) electrons. The van der Waals surface area contributed by atoms with Crippen LogP contribution in [-0.4, -0.2) is 29.6 Å². The molecular weight excluding hydrogens is 351 g/mol. The molecule has 0 saturated carbocycles. The van der Waals surface area contributed by atoms with Crippen molar-refractivity contribution < 1.29 is 4.39 Å². The molecule has 0 saturated heterocycles. The molecule has 0 N–H and O–H groups in total. The van der Waals surface area contributed by atoms with Crippen LogP contribution in [-0.2, 0) is 18.9 Å². The number of benzene rings is 1. The Morgan fingerprint density at radius 2 is 1.81 bits per heavy atom. The van der Waals surface area contributed by atoms with Crippen LogP contribution < -0.4 is 0 Å². The molecule has 134 valence electrons. The van der Waals surface area contributed by atoms with Crippen molar-refractivity contribution in [3.63, 3.8) is 0 Å². The van der Waals surface area contributed by atoms with Gasteiger partial charge in [0.25, 0.3) is 0 Å². The largest absolute Gasteiger partial charge is 0.265 e. The van der Waals surface area contributed by atoms with Crippen LogP contribution >= 0.6 is 11.3 Å². The number of fused-ring (bicyclic) bond motifs is 1. The molecule has 26 heavy (non-hydrogen) atoms. The summed E-state index contributed by atoms with van der Waals surface area (Å²) in [5, 5.41) is 18.6. The van der Waals surface area contributed by atoms with Crippen molar-refractivity contribution in [2.45, 2.75) is 32.6 Å². The molecule has 0 atom stereocenters. The number of aryl methyl sites for hydroxylation is 1. The molecule has 0 fully saturated rings. The maximum Gasteiger partial charge on any atom is 0.235 e. The van der Waals surface area contributed by atoms with Gasteiger partial charge in [-0.2, -0.15) is 14.7 Å². The van der Waals surface area contributed by atoms with Gasteiger partial charge in [-0.1, -0.05) is 44.2 Å². The lowest BCUT2D eigenvalue weighted by atomic mass is 9.92. The van der Waals surface area contributed by atoms with Crippen molar-refractivity contribution >= 4 is 16.3 Å². The van der Waals surface area contributed by atoms with Gasteiger partial charge in [0, 0.05) is 18.9 Å². The summed E-state index contributed by atoms with van der Waals surface area (Å²) in [4.78, 5) is 0.732. The van der Waals surface area contributed by atoms with Crippen molar-refractivity contribution in [3.05, 3.63) is 53.2 Å². The predicted molar refractivity (Wildman–Crippen MR) is 98.8 cm³/mol. The van der Waals surface area contributed by atoms with Gasteiger partial charge in [-0.3, -0.25) is 4.68 Å². The Labute approximate surface area is 154 Å². The van der Waals surface area contributed by atoms with E-state index in [-0.39, 0.29) is 11.2 Å². The summed E-state index contributed by atoms with van der Waals surface area (Å²) >= 11 is 1.48. The lowest BCUT2D eigenvalue weighted by Gasteiger charge is -2.13. The van der Waals surface area contributed by atoms with Gasteiger partial charge in [0.1, 0.15) is 5.82 Å². The molecule has 4 rings (SSSR count). The number of rotatable bonds is 3. The quantitative estimate of drug-likeness (QED) is 0.553. The van der Waals surface area contributed by atoms with Crippen LogP contribution in [0.4, 0.5) is 4.39 Å². The fourth-order valence-electron chi connectivity index (χ4n) is 2.69. The maximum absolute atomic E-state index is 13.1. The second kappa shape index (κ2) is 5.98. The van der Waals surface area contributed by atoms with Crippen LogP contribution in [0.15, 0.2) is 30.3 Å². The van der Waals surface area contributed by atoms with Crippen LogP contribution in [0.1, 0.15) is 37.9 Å². The molecule has 0 aliphatic carbocycles. The normalized spacial score (nSPS) is 12.2. The second-order valence-corrected chi connectivity index (χ2v) is 8.27. The minimum atomic E-state index is -0.248. The van der Waals surface area contributed by atoms with E-state index in [0.717, 1.165) is 32.7 Å². The average molecular weight is 370 g/mol.